The molecule has 0 bridgehead atoms. The van der Waals surface area contributed by atoms with Crippen molar-refractivity contribution in [1.29, 1.82) is 0 Å². The van der Waals surface area contributed by atoms with E-state index < -0.39 is 0 Å². The molecule has 3 fully saturated rings. The lowest BCUT2D eigenvalue weighted by Crippen LogP contribution is -2.44. The lowest BCUT2D eigenvalue weighted by molar-refractivity contribution is -0.145. The van der Waals surface area contributed by atoms with Crippen LogP contribution in [0.2, 0.25) is 0 Å². The van der Waals surface area contributed by atoms with E-state index in [9.17, 15) is 4.79 Å². The summed E-state index contributed by atoms with van der Waals surface area (Å²) < 4.78 is 5.56. The average molecular weight is 234 g/mol. The number of carbonyl (C=O) groups excluding carboxylic acids is 1. The first-order valence-electron chi connectivity index (χ1n) is 6.89. The van der Waals surface area contributed by atoms with Crippen molar-refractivity contribution in [2.75, 3.05) is 0 Å². The summed E-state index contributed by atoms with van der Waals surface area (Å²) in [4.78, 5) is 11.7. The maximum absolute atomic E-state index is 11.7. The van der Waals surface area contributed by atoms with Gasteiger partial charge in [-0.3, -0.25) is 4.79 Å². The van der Waals surface area contributed by atoms with E-state index in [0.29, 0.717) is 17.3 Å². The van der Waals surface area contributed by atoms with Crippen molar-refractivity contribution in [3.8, 4) is 0 Å². The van der Waals surface area contributed by atoms with Crippen molar-refractivity contribution in [2.24, 2.45) is 23.2 Å². The van der Waals surface area contributed by atoms with Gasteiger partial charge in [0.05, 0.1) is 5.92 Å². The maximum atomic E-state index is 11.7. The summed E-state index contributed by atoms with van der Waals surface area (Å²) in [6.45, 7) is 8.68. The molecule has 2 saturated carbocycles. The molecule has 0 amide bonds. The lowest BCUT2D eigenvalue weighted by atomic mass is 9.55. The molecule has 0 aromatic rings. The zero-order chi connectivity index (χ0) is 12.2. The lowest BCUT2D eigenvalue weighted by Gasteiger charge is -2.49. The summed E-state index contributed by atoms with van der Waals surface area (Å²) in [5.74, 6) is 1.18. The fraction of sp³-hybridized carbons (Fsp3) is 0.800. The van der Waals surface area contributed by atoms with E-state index in [1.165, 1.54) is 24.8 Å². The van der Waals surface area contributed by atoms with Crippen LogP contribution < -0.4 is 0 Å². The van der Waals surface area contributed by atoms with E-state index >= 15 is 0 Å². The third kappa shape index (κ3) is 1.56. The molecule has 3 rings (SSSR count). The van der Waals surface area contributed by atoms with Gasteiger partial charge in [-0.1, -0.05) is 26.0 Å². The molecule has 1 saturated heterocycles. The third-order valence-electron chi connectivity index (χ3n) is 5.51. The van der Waals surface area contributed by atoms with Crippen LogP contribution in [0.5, 0.6) is 0 Å². The number of esters is 1. The predicted molar refractivity (Wildman–Crippen MR) is 66.4 cm³/mol. The smallest absolute Gasteiger partial charge is 0.309 e. The molecule has 1 aliphatic heterocycles. The second kappa shape index (κ2) is 3.60. The van der Waals surface area contributed by atoms with Crippen LogP contribution in [0.4, 0.5) is 0 Å². The second-order valence-electron chi connectivity index (χ2n) is 6.59. The Morgan fingerprint density at radius 3 is 3.00 bits per heavy atom. The zero-order valence-electron chi connectivity index (χ0n) is 10.9. The molecular formula is C15H22O2. The maximum Gasteiger partial charge on any atom is 0.309 e. The third-order valence-corrected chi connectivity index (χ3v) is 5.51. The van der Waals surface area contributed by atoms with E-state index in [-0.39, 0.29) is 18.0 Å². The molecule has 0 radical (unpaired) electrons. The number of hydrogen-bond donors (Lipinski definition) is 0. The number of hydrogen-bond acceptors (Lipinski definition) is 2. The summed E-state index contributed by atoms with van der Waals surface area (Å²) in [5, 5.41) is 0. The second-order valence-corrected chi connectivity index (χ2v) is 6.59. The molecular weight excluding hydrogens is 212 g/mol. The molecule has 1 heterocycles. The molecule has 94 valence electrons. The molecule has 5 atom stereocenters. The van der Waals surface area contributed by atoms with E-state index in [2.05, 4.69) is 13.5 Å². The summed E-state index contributed by atoms with van der Waals surface area (Å²) in [6, 6.07) is 0. The minimum atomic E-state index is 0.0212. The van der Waals surface area contributed by atoms with Crippen LogP contribution in [0.15, 0.2) is 12.2 Å². The van der Waals surface area contributed by atoms with Gasteiger partial charge in [0.15, 0.2) is 0 Å². The molecule has 0 spiro atoms. The monoisotopic (exact) mass is 234 g/mol. The number of ether oxygens (including phenoxy) is 1. The topological polar surface area (TPSA) is 26.3 Å². The van der Waals surface area contributed by atoms with Crippen LogP contribution >= 0.6 is 0 Å². The SMILES string of the molecule is C=C1CCC[C@@]2(C)C[C@H]3OC(=O)[C@H](C)[C@H]3C[C@H]12. The van der Waals surface area contributed by atoms with Gasteiger partial charge < -0.3 is 4.74 Å². The first-order valence-corrected chi connectivity index (χ1v) is 6.89. The van der Waals surface area contributed by atoms with Crippen LogP contribution in [0.3, 0.4) is 0 Å². The van der Waals surface area contributed by atoms with Crippen molar-refractivity contribution in [3.63, 3.8) is 0 Å². The summed E-state index contributed by atoms with van der Waals surface area (Å²) in [5.41, 5.74) is 1.75. The number of rotatable bonds is 0. The van der Waals surface area contributed by atoms with E-state index in [4.69, 9.17) is 4.74 Å². The number of carbonyl (C=O) groups is 1. The van der Waals surface area contributed by atoms with Gasteiger partial charge in [0.2, 0.25) is 0 Å². The first-order chi connectivity index (χ1) is 8.01. The Morgan fingerprint density at radius 1 is 1.47 bits per heavy atom. The highest BCUT2D eigenvalue weighted by Gasteiger charge is 2.53. The zero-order valence-corrected chi connectivity index (χ0v) is 10.9. The molecule has 0 unspecified atom stereocenters. The fourth-order valence-corrected chi connectivity index (χ4v) is 4.38. The van der Waals surface area contributed by atoms with Crippen LogP contribution in [0.25, 0.3) is 0 Å². The summed E-state index contributed by atoms with van der Waals surface area (Å²) in [7, 11) is 0. The molecule has 2 aliphatic carbocycles. The van der Waals surface area contributed by atoms with Crippen LogP contribution in [-0.2, 0) is 9.53 Å². The van der Waals surface area contributed by atoms with Gasteiger partial charge in [-0.25, -0.2) is 0 Å². The summed E-state index contributed by atoms with van der Waals surface area (Å²) >= 11 is 0. The Balaban J connectivity index is 1.88. The molecule has 2 heteroatoms. The summed E-state index contributed by atoms with van der Waals surface area (Å²) in [6.07, 6.45) is 6.06. The van der Waals surface area contributed by atoms with Gasteiger partial charge in [-0.15, -0.1) is 0 Å². The van der Waals surface area contributed by atoms with Crippen molar-refractivity contribution in [2.45, 2.75) is 52.1 Å². The predicted octanol–water partition coefficient (Wildman–Crippen LogP) is 3.32. The highest BCUT2D eigenvalue weighted by atomic mass is 16.6. The van der Waals surface area contributed by atoms with Gasteiger partial charge in [0.25, 0.3) is 0 Å². The van der Waals surface area contributed by atoms with Crippen molar-refractivity contribution < 1.29 is 9.53 Å². The standard InChI is InChI=1S/C15H22O2/c1-9-5-4-6-15(3)8-13-11(7-12(9)15)10(2)14(16)17-13/h10-13H,1,4-8H2,2-3H3/t10-,11-,12-,13-,15+/m1/s1. The Bertz CT molecular complexity index is 373. The molecule has 17 heavy (non-hydrogen) atoms. The van der Waals surface area contributed by atoms with Gasteiger partial charge in [0, 0.05) is 5.92 Å². The first kappa shape index (κ1) is 11.3. The normalized spacial score (nSPS) is 49.5. The highest BCUT2D eigenvalue weighted by Crippen LogP contribution is 2.56. The minimum absolute atomic E-state index is 0.0212. The van der Waals surface area contributed by atoms with Crippen LogP contribution in [-0.4, -0.2) is 12.1 Å². The van der Waals surface area contributed by atoms with Crippen molar-refractivity contribution in [3.05, 3.63) is 12.2 Å². The molecule has 2 nitrogen and oxygen atoms in total. The van der Waals surface area contributed by atoms with Crippen molar-refractivity contribution in [1.82, 2.24) is 0 Å². The van der Waals surface area contributed by atoms with Gasteiger partial charge in [0.1, 0.15) is 6.10 Å². The minimum Gasteiger partial charge on any atom is -0.462 e. The number of fused-ring (bicyclic) bond motifs is 2. The van der Waals surface area contributed by atoms with Crippen LogP contribution in [0, 0.1) is 23.2 Å². The Labute approximate surface area is 103 Å². The van der Waals surface area contributed by atoms with Crippen molar-refractivity contribution >= 4 is 5.97 Å². The van der Waals surface area contributed by atoms with E-state index in [1.807, 2.05) is 6.92 Å². The van der Waals surface area contributed by atoms with Gasteiger partial charge in [-0.05, 0) is 43.4 Å². The molecule has 3 aliphatic rings. The van der Waals surface area contributed by atoms with E-state index in [1.54, 1.807) is 0 Å². The highest BCUT2D eigenvalue weighted by molar-refractivity contribution is 5.75. The Kier molecular flexibility index (Phi) is 2.39. The fourth-order valence-electron chi connectivity index (χ4n) is 4.38. The average Bonchev–Trinajstić information content (AvgIpc) is 2.52. The molecule has 0 N–H and O–H groups in total. The molecule has 0 aromatic heterocycles. The largest absolute Gasteiger partial charge is 0.462 e. The van der Waals surface area contributed by atoms with E-state index in [0.717, 1.165) is 12.8 Å². The van der Waals surface area contributed by atoms with Crippen LogP contribution in [0.1, 0.15) is 46.0 Å². The van der Waals surface area contributed by atoms with Gasteiger partial charge in [-0.2, -0.15) is 0 Å². The number of allylic oxidation sites excluding steroid dienone is 1. The Morgan fingerprint density at radius 2 is 2.24 bits per heavy atom. The quantitative estimate of drug-likeness (QED) is 0.475. The van der Waals surface area contributed by atoms with Gasteiger partial charge >= 0.3 is 5.97 Å². The Hall–Kier alpha value is -0.790. The molecule has 0 aromatic carbocycles.